The molecule has 0 unspecified atom stereocenters. The number of aliphatic hydroxyl groups is 1. The van der Waals surface area contributed by atoms with Gasteiger partial charge in [-0.3, -0.25) is 4.79 Å². The monoisotopic (exact) mass is 242 g/mol. The number of aliphatic hydroxyl groups excluding tert-OH is 1. The Hall–Kier alpha value is -0.610. The van der Waals surface area contributed by atoms with Crippen LogP contribution in [-0.2, 0) is 4.79 Å². The first-order valence-corrected chi connectivity index (χ1v) is 6.75. The lowest BCUT2D eigenvalue weighted by Gasteiger charge is -2.29. The van der Waals surface area contributed by atoms with Crippen LogP contribution in [0.4, 0.5) is 0 Å². The molecular weight excluding hydrogens is 216 g/mol. The summed E-state index contributed by atoms with van der Waals surface area (Å²) in [6, 6.07) is 0. The van der Waals surface area contributed by atoms with Crippen LogP contribution in [0.25, 0.3) is 0 Å². The van der Waals surface area contributed by atoms with Crippen LogP contribution < -0.4 is 5.32 Å². The second-order valence-corrected chi connectivity index (χ2v) is 5.37. The second-order valence-electron chi connectivity index (χ2n) is 5.37. The van der Waals surface area contributed by atoms with Gasteiger partial charge in [-0.2, -0.15) is 0 Å². The Morgan fingerprint density at radius 1 is 1.41 bits per heavy atom. The van der Waals surface area contributed by atoms with E-state index in [1.165, 1.54) is 0 Å². The minimum atomic E-state index is -0.100. The Morgan fingerprint density at radius 3 is 2.65 bits per heavy atom. The third kappa shape index (κ3) is 6.64. The lowest BCUT2D eigenvalue weighted by atomic mass is 10.1. The van der Waals surface area contributed by atoms with E-state index in [9.17, 15) is 9.90 Å². The molecule has 0 saturated carbocycles. The molecule has 1 aliphatic heterocycles. The molecule has 1 rings (SSSR count). The third-order valence-electron chi connectivity index (χ3n) is 3.12. The van der Waals surface area contributed by atoms with E-state index >= 15 is 0 Å². The molecule has 0 aromatic rings. The van der Waals surface area contributed by atoms with Gasteiger partial charge in [-0.1, -0.05) is 13.8 Å². The van der Waals surface area contributed by atoms with Gasteiger partial charge < -0.3 is 15.3 Å². The van der Waals surface area contributed by atoms with E-state index in [1.807, 2.05) is 0 Å². The molecule has 0 aliphatic carbocycles. The van der Waals surface area contributed by atoms with Crippen LogP contribution in [0, 0.1) is 5.92 Å². The van der Waals surface area contributed by atoms with Crippen molar-refractivity contribution in [1.82, 2.24) is 10.2 Å². The zero-order valence-electron chi connectivity index (χ0n) is 11.1. The summed E-state index contributed by atoms with van der Waals surface area (Å²) in [5.41, 5.74) is 0. The van der Waals surface area contributed by atoms with Crippen molar-refractivity contribution in [1.29, 1.82) is 0 Å². The number of carbonyl (C=O) groups is 1. The first-order chi connectivity index (χ1) is 8.08. The van der Waals surface area contributed by atoms with E-state index in [2.05, 4.69) is 24.1 Å². The van der Waals surface area contributed by atoms with Gasteiger partial charge >= 0.3 is 0 Å². The van der Waals surface area contributed by atoms with Crippen molar-refractivity contribution in [3.63, 3.8) is 0 Å². The zero-order valence-corrected chi connectivity index (χ0v) is 11.1. The van der Waals surface area contributed by atoms with E-state index in [4.69, 9.17) is 0 Å². The van der Waals surface area contributed by atoms with Crippen LogP contribution in [0.5, 0.6) is 0 Å². The Balaban J connectivity index is 1.99. The zero-order chi connectivity index (χ0) is 12.7. The molecule has 0 aromatic heterocycles. The summed E-state index contributed by atoms with van der Waals surface area (Å²) >= 11 is 0. The largest absolute Gasteiger partial charge is 0.393 e. The van der Waals surface area contributed by atoms with Crippen LogP contribution in [0.1, 0.15) is 39.5 Å². The number of piperidine rings is 1. The van der Waals surface area contributed by atoms with Crippen molar-refractivity contribution in [3.05, 3.63) is 0 Å². The highest BCUT2D eigenvalue weighted by Crippen LogP contribution is 2.09. The molecule has 0 atom stereocenters. The summed E-state index contributed by atoms with van der Waals surface area (Å²) in [6.45, 7) is 7.87. The van der Waals surface area contributed by atoms with Crippen LogP contribution in [-0.4, -0.2) is 48.2 Å². The SMILES string of the molecule is CC(C)CC(=O)NCCCN1CCC(O)CC1. The van der Waals surface area contributed by atoms with Crippen LogP contribution in [0.15, 0.2) is 0 Å². The smallest absolute Gasteiger partial charge is 0.220 e. The van der Waals surface area contributed by atoms with Gasteiger partial charge in [0.2, 0.25) is 5.91 Å². The van der Waals surface area contributed by atoms with Gasteiger partial charge in [0.25, 0.3) is 0 Å². The molecule has 1 saturated heterocycles. The van der Waals surface area contributed by atoms with Gasteiger partial charge in [0.05, 0.1) is 6.10 Å². The molecule has 1 fully saturated rings. The molecule has 1 amide bonds. The van der Waals surface area contributed by atoms with Crippen molar-refractivity contribution in [2.45, 2.75) is 45.6 Å². The summed E-state index contributed by atoms with van der Waals surface area (Å²) < 4.78 is 0. The molecule has 17 heavy (non-hydrogen) atoms. The quantitative estimate of drug-likeness (QED) is 0.683. The number of rotatable bonds is 6. The standard InChI is InChI=1S/C13H26N2O2/c1-11(2)10-13(17)14-6-3-7-15-8-4-12(16)5-9-15/h11-12,16H,3-10H2,1-2H3,(H,14,17). The highest BCUT2D eigenvalue weighted by atomic mass is 16.3. The van der Waals surface area contributed by atoms with Gasteiger partial charge in [-0.15, -0.1) is 0 Å². The van der Waals surface area contributed by atoms with E-state index in [-0.39, 0.29) is 12.0 Å². The fraction of sp³-hybridized carbons (Fsp3) is 0.923. The lowest BCUT2D eigenvalue weighted by Crippen LogP contribution is -2.37. The second kappa shape index (κ2) is 7.67. The molecule has 0 bridgehead atoms. The number of nitrogens with one attached hydrogen (secondary N) is 1. The summed E-state index contributed by atoms with van der Waals surface area (Å²) in [4.78, 5) is 13.8. The molecular formula is C13H26N2O2. The van der Waals surface area contributed by atoms with E-state index in [0.29, 0.717) is 12.3 Å². The van der Waals surface area contributed by atoms with Gasteiger partial charge in [0.1, 0.15) is 0 Å². The molecule has 0 aromatic carbocycles. The average Bonchev–Trinajstić information content (AvgIpc) is 2.26. The van der Waals surface area contributed by atoms with Gasteiger partial charge in [-0.05, 0) is 31.7 Å². The number of carbonyl (C=O) groups excluding carboxylic acids is 1. The molecule has 4 nitrogen and oxygen atoms in total. The molecule has 100 valence electrons. The summed E-state index contributed by atoms with van der Waals surface area (Å²) in [5.74, 6) is 0.590. The van der Waals surface area contributed by atoms with Crippen molar-refractivity contribution in [3.8, 4) is 0 Å². The van der Waals surface area contributed by atoms with Gasteiger partial charge in [0.15, 0.2) is 0 Å². The van der Waals surface area contributed by atoms with Crippen molar-refractivity contribution < 1.29 is 9.90 Å². The number of nitrogens with zero attached hydrogens (tertiary/aromatic N) is 1. The Morgan fingerprint density at radius 2 is 2.06 bits per heavy atom. The van der Waals surface area contributed by atoms with E-state index in [1.54, 1.807) is 0 Å². The summed E-state index contributed by atoms with van der Waals surface area (Å²) in [5, 5.41) is 12.3. The lowest BCUT2D eigenvalue weighted by molar-refractivity contribution is -0.121. The van der Waals surface area contributed by atoms with Gasteiger partial charge in [-0.25, -0.2) is 0 Å². The molecule has 0 spiro atoms. The number of likely N-dealkylation sites (tertiary alicyclic amines) is 1. The molecule has 1 heterocycles. The topological polar surface area (TPSA) is 52.6 Å². The maximum absolute atomic E-state index is 11.4. The maximum Gasteiger partial charge on any atom is 0.220 e. The Labute approximate surface area is 104 Å². The van der Waals surface area contributed by atoms with Crippen LogP contribution >= 0.6 is 0 Å². The highest BCUT2D eigenvalue weighted by Gasteiger charge is 2.16. The van der Waals surface area contributed by atoms with Crippen LogP contribution in [0.3, 0.4) is 0 Å². The predicted octanol–water partition coefficient (Wildman–Crippen LogP) is 0.995. The van der Waals surface area contributed by atoms with Crippen molar-refractivity contribution in [2.24, 2.45) is 5.92 Å². The third-order valence-corrected chi connectivity index (χ3v) is 3.12. The van der Waals surface area contributed by atoms with E-state index < -0.39 is 0 Å². The maximum atomic E-state index is 11.4. The number of hydrogen-bond donors (Lipinski definition) is 2. The Kier molecular flexibility index (Phi) is 6.52. The van der Waals surface area contributed by atoms with Crippen LogP contribution in [0.2, 0.25) is 0 Å². The molecule has 2 N–H and O–H groups in total. The normalized spacial score (nSPS) is 18.6. The molecule has 1 aliphatic rings. The first kappa shape index (κ1) is 14.5. The summed E-state index contributed by atoms with van der Waals surface area (Å²) in [6.07, 6.45) is 3.30. The number of hydrogen-bond acceptors (Lipinski definition) is 3. The molecule has 4 heteroatoms. The first-order valence-electron chi connectivity index (χ1n) is 6.75. The average molecular weight is 242 g/mol. The highest BCUT2D eigenvalue weighted by molar-refractivity contribution is 5.75. The van der Waals surface area contributed by atoms with Gasteiger partial charge in [0, 0.05) is 26.1 Å². The van der Waals surface area contributed by atoms with E-state index in [0.717, 1.165) is 45.4 Å². The number of amides is 1. The fourth-order valence-corrected chi connectivity index (χ4v) is 2.12. The van der Waals surface area contributed by atoms with Crippen molar-refractivity contribution in [2.75, 3.05) is 26.2 Å². The van der Waals surface area contributed by atoms with Crippen molar-refractivity contribution >= 4 is 5.91 Å². The minimum Gasteiger partial charge on any atom is -0.393 e. The summed E-state index contributed by atoms with van der Waals surface area (Å²) in [7, 11) is 0. The predicted molar refractivity (Wildman–Crippen MR) is 68.8 cm³/mol. The Bertz CT molecular complexity index is 223. The minimum absolute atomic E-state index is 0.100. The fourth-order valence-electron chi connectivity index (χ4n) is 2.12. The molecule has 0 radical (unpaired) electrons.